The Balaban J connectivity index is 0.000000169. The number of ketones is 4. The molecular weight excluding hydrogens is 879 g/mol. The first-order chi connectivity index (χ1) is 31.0. The van der Waals surface area contributed by atoms with Crippen molar-refractivity contribution in [3.63, 3.8) is 0 Å². The van der Waals surface area contributed by atoms with Gasteiger partial charge in [-0.1, -0.05) is 74.9 Å². The number of hydrogen-bond donors (Lipinski definition) is 4. The summed E-state index contributed by atoms with van der Waals surface area (Å²) in [5.74, 6) is 0.467. The van der Waals surface area contributed by atoms with Gasteiger partial charge >= 0.3 is 0 Å². The summed E-state index contributed by atoms with van der Waals surface area (Å²) in [6.45, 7) is 7.60. The van der Waals surface area contributed by atoms with Gasteiger partial charge < -0.3 is 20.4 Å². The molecule has 2 aromatic rings. The van der Waals surface area contributed by atoms with Crippen LogP contribution in [0.3, 0.4) is 0 Å². The molecule has 8 aliphatic rings. The fraction of sp³-hybridized carbons (Fsp3) is 0.673. The highest BCUT2D eigenvalue weighted by Crippen LogP contribution is 2.69. The van der Waals surface area contributed by atoms with Crippen LogP contribution in [0.5, 0.6) is 0 Å². The van der Waals surface area contributed by atoms with Gasteiger partial charge in [-0.05, 0) is 148 Å². The molecule has 1 aromatic heterocycles. The van der Waals surface area contributed by atoms with Crippen LogP contribution in [-0.4, -0.2) is 99.0 Å². The molecule has 0 radical (unpaired) electrons. The highest BCUT2D eigenvalue weighted by molar-refractivity contribution is 7.99. The van der Waals surface area contributed by atoms with Gasteiger partial charge in [-0.25, -0.2) is 4.98 Å². The minimum atomic E-state index is -3.80. The number of aromatic nitrogens is 1. The molecule has 10 unspecified atom stereocenters. The van der Waals surface area contributed by atoms with E-state index in [1.807, 2.05) is 56.3 Å². The molecule has 0 bridgehead atoms. The van der Waals surface area contributed by atoms with Crippen molar-refractivity contribution < 1.29 is 52.2 Å². The van der Waals surface area contributed by atoms with Crippen LogP contribution in [-0.2, 0) is 33.5 Å². The van der Waals surface area contributed by atoms with Crippen molar-refractivity contribution in [1.29, 1.82) is 0 Å². The van der Waals surface area contributed by atoms with Crippen LogP contribution >= 0.6 is 11.8 Å². The summed E-state index contributed by atoms with van der Waals surface area (Å²) >= 11 is 1.38. The molecule has 4 N–H and O–H groups in total. The molecule has 0 saturated heterocycles. The molecule has 1 aromatic carbocycles. The van der Waals surface area contributed by atoms with Crippen molar-refractivity contribution >= 4 is 55.9 Å². The normalized spacial score (nSPS) is 42.6. The maximum Gasteiger partial charge on any atom is 0.264 e. The Morgan fingerprint density at radius 3 is 1.73 bits per heavy atom. The molecule has 14 atom stereocenters. The SMILES string of the molecule is CC12CCC(=O)C=C1CCC1C2[C@@H](O)CC2(C)C1CC[C@]2(O)C(=O)COS(C)(=O)=O.CC12CCC(=O)C=C1CCC1C2[C@@H](O)CC2(C)C1CC[C@]2(O)C(=O)CSc1ccc2ccccc2n1. The second-order valence-electron chi connectivity index (χ2n) is 22.4. The molecular formula is C52H67NO11S2. The van der Waals surface area contributed by atoms with Crippen LogP contribution in [0.4, 0.5) is 0 Å². The van der Waals surface area contributed by atoms with Crippen LogP contribution < -0.4 is 0 Å². The van der Waals surface area contributed by atoms with E-state index in [0.29, 0.717) is 32.1 Å². The van der Waals surface area contributed by atoms with E-state index in [-0.39, 0.29) is 82.3 Å². The lowest BCUT2D eigenvalue weighted by atomic mass is 9.45. The minimum Gasteiger partial charge on any atom is -0.393 e. The third-order valence-corrected chi connectivity index (χ3v) is 20.8. The summed E-state index contributed by atoms with van der Waals surface area (Å²) < 4.78 is 27.3. The number of nitrogens with zero attached hydrogens (tertiary/aromatic N) is 1. The van der Waals surface area contributed by atoms with Gasteiger partial charge in [-0.2, -0.15) is 8.42 Å². The van der Waals surface area contributed by atoms with Crippen LogP contribution in [0.1, 0.15) is 118 Å². The first-order valence-electron chi connectivity index (χ1n) is 24.2. The van der Waals surface area contributed by atoms with Crippen molar-refractivity contribution in [2.75, 3.05) is 18.6 Å². The summed E-state index contributed by atoms with van der Waals surface area (Å²) in [5.41, 5.74) is -1.81. The monoisotopic (exact) mass is 945 g/mol. The number of hydrogen-bond acceptors (Lipinski definition) is 13. The highest BCUT2D eigenvalue weighted by atomic mass is 32.2. The van der Waals surface area contributed by atoms with Crippen molar-refractivity contribution in [1.82, 2.24) is 4.98 Å². The van der Waals surface area contributed by atoms with E-state index in [2.05, 4.69) is 23.0 Å². The van der Waals surface area contributed by atoms with Crippen molar-refractivity contribution in [2.45, 2.75) is 146 Å². The number of aliphatic hydroxyl groups is 4. The van der Waals surface area contributed by atoms with Crippen molar-refractivity contribution in [3.05, 3.63) is 59.7 Å². The topological polar surface area (TPSA) is 205 Å². The molecule has 6 fully saturated rings. The average Bonchev–Trinajstić information content (AvgIpc) is 3.70. The van der Waals surface area contributed by atoms with E-state index < -0.39 is 56.7 Å². The molecule has 10 rings (SSSR count). The highest BCUT2D eigenvalue weighted by Gasteiger charge is 2.70. The number of aliphatic hydroxyl groups excluding tert-OH is 2. The number of allylic oxidation sites excluding steroid dienone is 2. The smallest absolute Gasteiger partial charge is 0.264 e. The molecule has 6 saturated carbocycles. The number of para-hydroxylation sites is 1. The lowest BCUT2D eigenvalue weighted by molar-refractivity contribution is -0.181. The van der Waals surface area contributed by atoms with Gasteiger partial charge in [0.1, 0.15) is 17.8 Å². The molecule has 0 amide bonds. The number of carbonyl (C=O) groups excluding carboxylic acids is 4. The van der Waals surface area contributed by atoms with Gasteiger partial charge in [-0.3, -0.25) is 23.4 Å². The predicted octanol–water partition coefficient (Wildman–Crippen LogP) is 6.90. The predicted molar refractivity (Wildman–Crippen MR) is 249 cm³/mol. The number of carbonyl (C=O) groups is 4. The van der Waals surface area contributed by atoms with Gasteiger partial charge in [0.05, 0.1) is 34.8 Å². The Hall–Kier alpha value is -3.11. The second kappa shape index (κ2) is 16.8. The molecule has 8 aliphatic carbocycles. The van der Waals surface area contributed by atoms with Crippen molar-refractivity contribution in [3.8, 4) is 0 Å². The largest absolute Gasteiger partial charge is 0.393 e. The zero-order valence-corrected chi connectivity index (χ0v) is 40.6. The summed E-state index contributed by atoms with van der Waals surface area (Å²) in [4.78, 5) is 55.3. The summed E-state index contributed by atoms with van der Waals surface area (Å²) in [7, 11) is -3.80. The minimum absolute atomic E-state index is 0.00611. The van der Waals surface area contributed by atoms with Crippen molar-refractivity contribution in [2.24, 2.45) is 57.2 Å². The Morgan fingerprint density at radius 2 is 1.21 bits per heavy atom. The van der Waals surface area contributed by atoms with Crippen LogP contribution in [0, 0.1) is 57.2 Å². The fourth-order valence-corrected chi connectivity index (χ4v) is 17.1. The van der Waals surface area contributed by atoms with Crippen LogP contribution in [0.2, 0.25) is 0 Å². The second-order valence-corrected chi connectivity index (χ2v) is 25.0. The molecule has 12 nitrogen and oxygen atoms in total. The van der Waals surface area contributed by atoms with E-state index in [1.54, 1.807) is 6.08 Å². The third kappa shape index (κ3) is 7.57. The fourth-order valence-electron chi connectivity index (χ4n) is 16.0. The number of rotatable bonds is 8. The Morgan fingerprint density at radius 1 is 0.712 bits per heavy atom. The standard InChI is InChI=1S/C30H35NO4S.C22H32O7S/c1-28-13-11-20(32)15-19(28)8-9-21-22-12-14-30(35,29(22,2)16-24(33)27(21)28)25(34)17-36-26-10-7-18-5-3-4-6-23(18)31-26;1-20-8-6-14(23)10-13(20)4-5-15-16-7-9-22(26,18(25)12-29-30(3,27)28)21(16,2)11-17(24)19(15)20/h3-7,10,15,21-22,24,27,33,35H,8-9,11-14,16-17H2,1-2H3;10,15-17,19,24,26H,4-9,11-12H2,1-3H3/t21?,22?,24-,27?,28?,29?,30-;15?,16?,17-,19?,20?,21?,22-/m00/s1. The number of fused-ring (bicyclic) bond motifs is 11. The molecule has 66 heavy (non-hydrogen) atoms. The molecule has 0 spiro atoms. The van der Waals surface area contributed by atoms with Gasteiger partial charge in [0.25, 0.3) is 10.1 Å². The van der Waals surface area contributed by atoms with Gasteiger partial charge in [0, 0.05) is 29.1 Å². The Kier molecular flexibility index (Phi) is 12.2. The molecule has 358 valence electrons. The zero-order valence-electron chi connectivity index (χ0n) is 39.0. The van der Waals surface area contributed by atoms with E-state index in [9.17, 15) is 48.0 Å². The quantitative estimate of drug-likeness (QED) is 0.157. The number of Topliss-reactive ketones (excluding diaryl/α,β-unsaturated/α-hetero) is 2. The molecule has 1 heterocycles. The average molecular weight is 946 g/mol. The lowest BCUT2D eigenvalue weighted by Crippen LogP contribution is -2.62. The van der Waals surface area contributed by atoms with E-state index in [1.165, 1.54) is 17.3 Å². The lowest BCUT2D eigenvalue weighted by Gasteiger charge is -2.60. The summed E-state index contributed by atoms with van der Waals surface area (Å²) in [6.07, 6.45) is 12.0. The number of benzene rings is 1. The molecule has 14 heteroatoms. The maximum atomic E-state index is 13.6. The maximum absolute atomic E-state index is 13.6. The van der Waals surface area contributed by atoms with E-state index >= 15 is 0 Å². The number of pyridine rings is 1. The third-order valence-electron chi connectivity index (χ3n) is 19.3. The first kappa shape index (κ1) is 47.9. The Labute approximate surface area is 392 Å². The van der Waals surface area contributed by atoms with E-state index in [0.717, 1.165) is 72.7 Å². The van der Waals surface area contributed by atoms with E-state index in [4.69, 9.17) is 0 Å². The summed E-state index contributed by atoms with van der Waals surface area (Å²) in [6, 6.07) is 11.9. The first-order valence-corrected chi connectivity index (χ1v) is 27.0. The van der Waals surface area contributed by atoms with Crippen LogP contribution in [0.15, 0.2) is 64.7 Å². The number of thioether (sulfide) groups is 1. The van der Waals surface area contributed by atoms with Gasteiger partial charge in [0.15, 0.2) is 23.1 Å². The summed E-state index contributed by atoms with van der Waals surface area (Å²) in [5, 5.41) is 48.1. The van der Waals surface area contributed by atoms with Crippen LogP contribution in [0.25, 0.3) is 10.9 Å². The van der Waals surface area contributed by atoms with Gasteiger partial charge in [-0.15, -0.1) is 0 Å². The van der Waals surface area contributed by atoms with Gasteiger partial charge in [0.2, 0.25) is 0 Å². The molecule has 0 aliphatic heterocycles. The Bertz CT molecular complexity index is 2520. The zero-order chi connectivity index (χ0) is 47.4.